The van der Waals surface area contributed by atoms with Crippen molar-refractivity contribution < 1.29 is 4.42 Å². The Bertz CT molecular complexity index is 464. The van der Waals surface area contributed by atoms with Gasteiger partial charge in [-0.25, -0.2) is 0 Å². The van der Waals surface area contributed by atoms with E-state index in [4.69, 9.17) is 4.42 Å². The van der Waals surface area contributed by atoms with E-state index in [-0.39, 0.29) is 12.0 Å². The van der Waals surface area contributed by atoms with Crippen LogP contribution in [-0.4, -0.2) is 12.0 Å². The van der Waals surface area contributed by atoms with E-state index < -0.39 is 0 Å². The molecule has 2 aromatic rings. The van der Waals surface area contributed by atoms with Crippen molar-refractivity contribution in [2.24, 2.45) is 0 Å². The van der Waals surface area contributed by atoms with E-state index in [0.29, 0.717) is 0 Å². The highest BCUT2D eigenvalue weighted by Gasteiger charge is 2.24. The van der Waals surface area contributed by atoms with Crippen LogP contribution in [0.2, 0.25) is 0 Å². The Labute approximate surface area is 102 Å². The molecule has 2 aromatic heterocycles. The summed E-state index contributed by atoms with van der Waals surface area (Å²) in [4.78, 5) is 4.41. The van der Waals surface area contributed by atoms with Gasteiger partial charge in [-0.3, -0.25) is 4.98 Å². The Morgan fingerprint density at radius 3 is 2.65 bits per heavy atom. The summed E-state index contributed by atoms with van der Waals surface area (Å²) in [5.74, 6) is 1.26. The van der Waals surface area contributed by atoms with Crippen LogP contribution in [-0.2, 0) is 0 Å². The van der Waals surface area contributed by atoms with Gasteiger partial charge in [-0.15, -0.1) is 0 Å². The van der Waals surface area contributed by atoms with Crippen LogP contribution in [0.4, 0.5) is 0 Å². The maximum atomic E-state index is 5.57. The summed E-state index contributed by atoms with van der Waals surface area (Å²) < 4.78 is 5.57. The molecule has 0 aliphatic heterocycles. The van der Waals surface area contributed by atoms with Gasteiger partial charge in [-0.2, -0.15) is 0 Å². The van der Waals surface area contributed by atoms with Gasteiger partial charge in [0.1, 0.15) is 5.76 Å². The minimum Gasteiger partial charge on any atom is -0.467 e. The molecule has 2 rings (SSSR count). The van der Waals surface area contributed by atoms with Gasteiger partial charge in [0.25, 0.3) is 0 Å². The lowest BCUT2D eigenvalue weighted by molar-refractivity contribution is 0.389. The Morgan fingerprint density at radius 1 is 1.29 bits per heavy atom. The second kappa shape index (κ2) is 5.15. The maximum absolute atomic E-state index is 5.57. The first kappa shape index (κ1) is 11.9. The predicted molar refractivity (Wildman–Crippen MR) is 67.9 cm³/mol. The fourth-order valence-corrected chi connectivity index (χ4v) is 2.13. The lowest BCUT2D eigenvalue weighted by atomic mass is 9.94. The zero-order chi connectivity index (χ0) is 12.3. The van der Waals surface area contributed by atoms with Crippen LogP contribution in [0.5, 0.6) is 0 Å². The molecule has 0 saturated carbocycles. The van der Waals surface area contributed by atoms with Crippen LogP contribution in [0.15, 0.2) is 41.1 Å². The summed E-state index contributed by atoms with van der Waals surface area (Å²) in [6.45, 7) is 4.22. The highest BCUT2D eigenvalue weighted by molar-refractivity contribution is 5.23. The second-order valence-electron chi connectivity index (χ2n) is 4.28. The quantitative estimate of drug-likeness (QED) is 0.877. The van der Waals surface area contributed by atoms with Gasteiger partial charge < -0.3 is 9.73 Å². The third-order valence-electron chi connectivity index (χ3n) is 3.15. The number of aryl methyl sites for hydroxylation is 1. The van der Waals surface area contributed by atoms with Crippen molar-refractivity contribution in [3.05, 3.63) is 53.7 Å². The van der Waals surface area contributed by atoms with Gasteiger partial charge in [0.2, 0.25) is 0 Å². The molecule has 0 radical (unpaired) electrons. The molecule has 90 valence electrons. The number of nitrogens with zero attached hydrogens (tertiary/aromatic N) is 1. The van der Waals surface area contributed by atoms with Crippen LogP contribution in [0.3, 0.4) is 0 Å². The number of pyridine rings is 1. The molecule has 3 heteroatoms. The molecule has 2 heterocycles. The fraction of sp³-hybridized carbons (Fsp3) is 0.357. The topological polar surface area (TPSA) is 38.1 Å². The monoisotopic (exact) mass is 230 g/mol. The van der Waals surface area contributed by atoms with Gasteiger partial charge in [0.15, 0.2) is 0 Å². The summed E-state index contributed by atoms with van der Waals surface area (Å²) >= 11 is 0. The van der Waals surface area contributed by atoms with E-state index in [2.05, 4.69) is 24.1 Å². The molecule has 0 aromatic carbocycles. The first-order valence-electron chi connectivity index (χ1n) is 5.86. The zero-order valence-electron chi connectivity index (χ0n) is 10.5. The standard InChI is InChI=1S/C14H18N2O/c1-10-7-9-17-14(10)13(15-3)11(2)12-6-4-5-8-16-12/h4-9,11,13,15H,1-3H3. The molecule has 1 N–H and O–H groups in total. The molecule has 0 bridgehead atoms. The number of hydrogen-bond acceptors (Lipinski definition) is 3. The molecular formula is C14H18N2O. The summed E-state index contributed by atoms with van der Waals surface area (Å²) in [6, 6.07) is 8.14. The van der Waals surface area contributed by atoms with E-state index >= 15 is 0 Å². The van der Waals surface area contributed by atoms with Crippen LogP contribution >= 0.6 is 0 Å². The lowest BCUT2D eigenvalue weighted by Gasteiger charge is -2.22. The second-order valence-corrected chi connectivity index (χ2v) is 4.28. The van der Waals surface area contributed by atoms with Crippen LogP contribution in [0.1, 0.15) is 35.9 Å². The van der Waals surface area contributed by atoms with E-state index in [0.717, 1.165) is 11.5 Å². The van der Waals surface area contributed by atoms with Gasteiger partial charge >= 0.3 is 0 Å². The van der Waals surface area contributed by atoms with E-state index in [1.807, 2.05) is 37.5 Å². The Kier molecular flexibility index (Phi) is 3.59. The summed E-state index contributed by atoms with van der Waals surface area (Å²) in [5, 5.41) is 3.31. The molecule has 0 fully saturated rings. The molecule has 0 saturated heterocycles. The summed E-state index contributed by atoms with van der Waals surface area (Å²) in [7, 11) is 1.95. The van der Waals surface area contributed by atoms with Gasteiger partial charge in [-0.1, -0.05) is 13.0 Å². The molecule has 3 nitrogen and oxygen atoms in total. The minimum absolute atomic E-state index is 0.153. The molecule has 0 spiro atoms. The van der Waals surface area contributed by atoms with Gasteiger partial charge in [0, 0.05) is 17.8 Å². The molecule has 2 atom stereocenters. The number of nitrogens with one attached hydrogen (secondary N) is 1. The largest absolute Gasteiger partial charge is 0.467 e. The summed E-state index contributed by atoms with van der Waals surface area (Å²) in [5.41, 5.74) is 2.25. The first-order valence-corrected chi connectivity index (χ1v) is 5.86. The molecule has 0 aliphatic carbocycles. The van der Waals surface area contributed by atoms with Gasteiger partial charge in [-0.05, 0) is 37.7 Å². The molecule has 17 heavy (non-hydrogen) atoms. The van der Waals surface area contributed by atoms with Crippen molar-refractivity contribution in [2.75, 3.05) is 7.05 Å². The van der Waals surface area contributed by atoms with Crippen molar-refractivity contribution in [3.63, 3.8) is 0 Å². The van der Waals surface area contributed by atoms with Gasteiger partial charge in [0.05, 0.1) is 12.3 Å². The van der Waals surface area contributed by atoms with E-state index in [9.17, 15) is 0 Å². The molecule has 0 aliphatic rings. The Hall–Kier alpha value is -1.61. The molecule has 0 amide bonds. The third-order valence-corrected chi connectivity index (χ3v) is 3.15. The lowest BCUT2D eigenvalue weighted by Crippen LogP contribution is -2.23. The fourth-order valence-electron chi connectivity index (χ4n) is 2.13. The smallest absolute Gasteiger partial charge is 0.124 e. The number of rotatable bonds is 4. The Balaban J connectivity index is 2.28. The molecular weight excluding hydrogens is 212 g/mol. The van der Waals surface area contributed by atoms with Crippen LogP contribution in [0.25, 0.3) is 0 Å². The SMILES string of the molecule is CNC(c1occc1C)C(C)c1ccccn1. The highest BCUT2D eigenvalue weighted by atomic mass is 16.3. The van der Waals surface area contributed by atoms with Crippen molar-refractivity contribution in [1.29, 1.82) is 0 Å². The normalized spacial score (nSPS) is 14.5. The summed E-state index contributed by atoms with van der Waals surface area (Å²) in [6.07, 6.45) is 3.56. The maximum Gasteiger partial charge on any atom is 0.124 e. The average Bonchev–Trinajstić information content (AvgIpc) is 2.78. The van der Waals surface area contributed by atoms with Crippen LogP contribution in [0, 0.1) is 6.92 Å². The number of hydrogen-bond donors (Lipinski definition) is 1. The minimum atomic E-state index is 0.153. The zero-order valence-corrected chi connectivity index (χ0v) is 10.5. The van der Waals surface area contributed by atoms with E-state index in [1.54, 1.807) is 6.26 Å². The number of aromatic nitrogens is 1. The highest BCUT2D eigenvalue weighted by Crippen LogP contribution is 2.31. The Morgan fingerprint density at radius 2 is 2.12 bits per heavy atom. The number of furan rings is 1. The molecule has 2 unspecified atom stereocenters. The van der Waals surface area contributed by atoms with Crippen molar-refractivity contribution in [3.8, 4) is 0 Å². The van der Waals surface area contributed by atoms with Crippen molar-refractivity contribution in [2.45, 2.75) is 25.8 Å². The first-order chi connectivity index (χ1) is 8.24. The van der Waals surface area contributed by atoms with Crippen LogP contribution < -0.4 is 5.32 Å². The average molecular weight is 230 g/mol. The van der Waals surface area contributed by atoms with Crippen molar-refractivity contribution >= 4 is 0 Å². The predicted octanol–water partition coefficient (Wildman–Crippen LogP) is 3.05. The van der Waals surface area contributed by atoms with Crippen molar-refractivity contribution in [1.82, 2.24) is 10.3 Å². The number of likely N-dealkylation sites (N-methyl/N-ethyl adjacent to an activating group) is 1. The third kappa shape index (κ3) is 2.39. The van der Waals surface area contributed by atoms with E-state index in [1.165, 1.54) is 5.56 Å².